The number of nitrogens with zero attached hydrogens (tertiary/aromatic N) is 2. The number of aromatic nitrogens is 1. The molecule has 1 fully saturated rings. The van der Waals surface area contributed by atoms with Crippen LogP contribution in [0.2, 0.25) is 0 Å². The molecule has 0 aliphatic heterocycles. The van der Waals surface area contributed by atoms with Gasteiger partial charge < -0.3 is 0 Å². The first-order valence-electron chi connectivity index (χ1n) is 6.39. The van der Waals surface area contributed by atoms with Crippen molar-refractivity contribution in [2.75, 3.05) is 0 Å². The molecule has 1 saturated carbocycles. The first-order chi connectivity index (χ1) is 7.95. The summed E-state index contributed by atoms with van der Waals surface area (Å²) in [5, 5.41) is 0. The SMILES string of the molecule is C(=NC1CCCCC1)c1ccccn1.CC. The third-order valence-electron chi connectivity index (χ3n) is 2.68. The Hall–Kier alpha value is -1.18. The minimum atomic E-state index is 0.547. The topological polar surface area (TPSA) is 25.2 Å². The molecule has 2 rings (SSSR count). The first kappa shape index (κ1) is 12.9. The van der Waals surface area contributed by atoms with Crippen LogP contribution in [0.3, 0.4) is 0 Å². The van der Waals surface area contributed by atoms with Crippen molar-refractivity contribution >= 4 is 6.21 Å². The van der Waals surface area contributed by atoms with Crippen LogP contribution in [0.15, 0.2) is 29.4 Å². The van der Waals surface area contributed by atoms with Crippen molar-refractivity contribution in [1.29, 1.82) is 0 Å². The lowest BCUT2D eigenvalue weighted by Crippen LogP contribution is -2.09. The Morgan fingerprint density at radius 3 is 2.56 bits per heavy atom. The van der Waals surface area contributed by atoms with Crippen LogP contribution in [0.5, 0.6) is 0 Å². The lowest BCUT2D eigenvalue weighted by atomic mass is 9.96. The van der Waals surface area contributed by atoms with E-state index in [1.165, 1.54) is 32.1 Å². The fraction of sp³-hybridized carbons (Fsp3) is 0.571. The summed E-state index contributed by atoms with van der Waals surface area (Å²) in [6, 6.07) is 6.46. The molecule has 1 heterocycles. The molecule has 88 valence electrons. The quantitative estimate of drug-likeness (QED) is 0.692. The van der Waals surface area contributed by atoms with Crippen LogP contribution < -0.4 is 0 Å². The predicted octanol–water partition coefficient (Wildman–Crippen LogP) is 3.86. The lowest BCUT2D eigenvalue weighted by molar-refractivity contribution is 0.444. The molecule has 1 aromatic heterocycles. The van der Waals surface area contributed by atoms with Gasteiger partial charge in [0.15, 0.2) is 0 Å². The smallest absolute Gasteiger partial charge is 0.0807 e. The monoisotopic (exact) mass is 218 g/mol. The number of hydrogen-bond acceptors (Lipinski definition) is 2. The molecule has 0 N–H and O–H groups in total. The summed E-state index contributed by atoms with van der Waals surface area (Å²) in [4.78, 5) is 8.78. The summed E-state index contributed by atoms with van der Waals surface area (Å²) >= 11 is 0. The second-order valence-corrected chi connectivity index (χ2v) is 3.82. The highest BCUT2D eigenvalue weighted by Crippen LogP contribution is 2.19. The largest absolute Gasteiger partial charge is 0.288 e. The van der Waals surface area contributed by atoms with Gasteiger partial charge >= 0.3 is 0 Å². The van der Waals surface area contributed by atoms with Crippen LogP contribution in [-0.4, -0.2) is 17.2 Å². The fourth-order valence-corrected chi connectivity index (χ4v) is 1.86. The highest BCUT2D eigenvalue weighted by atomic mass is 14.8. The Morgan fingerprint density at radius 2 is 1.94 bits per heavy atom. The van der Waals surface area contributed by atoms with Gasteiger partial charge in [-0.15, -0.1) is 0 Å². The molecule has 1 aromatic rings. The Balaban J connectivity index is 0.000000606. The number of pyridine rings is 1. The van der Waals surface area contributed by atoms with Crippen LogP contribution in [0.25, 0.3) is 0 Å². The van der Waals surface area contributed by atoms with Gasteiger partial charge in [0.1, 0.15) is 0 Å². The van der Waals surface area contributed by atoms with E-state index in [1.54, 1.807) is 0 Å². The zero-order valence-electron chi connectivity index (χ0n) is 10.4. The zero-order chi connectivity index (χ0) is 11.6. The summed E-state index contributed by atoms with van der Waals surface area (Å²) in [5.74, 6) is 0. The van der Waals surface area contributed by atoms with Gasteiger partial charge in [-0.3, -0.25) is 9.98 Å². The van der Waals surface area contributed by atoms with E-state index < -0.39 is 0 Å². The maximum Gasteiger partial charge on any atom is 0.0807 e. The zero-order valence-corrected chi connectivity index (χ0v) is 10.4. The van der Waals surface area contributed by atoms with Crippen LogP contribution in [0.1, 0.15) is 51.6 Å². The van der Waals surface area contributed by atoms with Gasteiger partial charge in [-0.1, -0.05) is 39.2 Å². The first-order valence-corrected chi connectivity index (χ1v) is 6.39. The van der Waals surface area contributed by atoms with Crippen LogP contribution in [0.4, 0.5) is 0 Å². The molecule has 0 atom stereocenters. The molecular formula is C14H22N2. The summed E-state index contributed by atoms with van der Waals surface area (Å²) in [6.45, 7) is 4.00. The molecule has 2 nitrogen and oxygen atoms in total. The van der Waals surface area contributed by atoms with Crippen molar-refractivity contribution in [2.45, 2.75) is 52.0 Å². The van der Waals surface area contributed by atoms with E-state index in [0.29, 0.717) is 6.04 Å². The predicted molar refractivity (Wildman–Crippen MR) is 70.1 cm³/mol. The minimum Gasteiger partial charge on any atom is -0.288 e. The highest BCUT2D eigenvalue weighted by molar-refractivity contribution is 5.76. The Morgan fingerprint density at radius 1 is 1.19 bits per heavy atom. The average Bonchev–Trinajstić information content (AvgIpc) is 2.41. The molecule has 0 unspecified atom stereocenters. The van der Waals surface area contributed by atoms with E-state index >= 15 is 0 Å². The minimum absolute atomic E-state index is 0.547. The van der Waals surface area contributed by atoms with E-state index in [0.717, 1.165) is 5.69 Å². The van der Waals surface area contributed by atoms with Gasteiger partial charge in [0.05, 0.1) is 11.7 Å². The Bertz CT molecular complexity index is 287. The van der Waals surface area contributed by atoms with Gasteiger partial charge in [-0.05, 0) is 25.0 Å². The second-order valence-electron chi connectivity index (χ2n) is 3.82. The number of rotatable bonds is 2. The lowest BCUT2D eigenvalue weighted by Gasteiger charge is -2.16. The normalized spacial score (nSPS) is 16.9. The molecular weight excluding hydrogens is 196 g/mol. The van der Waals surface area contributed by atoms with E-state index in [-0.39, 0.29) is 0 Å². The number of hydrogen-bond donors (Lipinski definition) is 0. The Labute approximate surface area is 98.8 Å². The summed E-state index contributed by atoms with van der Waals surface area (Å²) in [7, 11) is 0. The van der Waals surface area contributed by atoms with Crippen molar-refractivity contribution in [3.63, 3.8) is 0 Å². The van der Waals surface area contributed by atoms with Gasteiger partial charge in [0.25, 0.3) is 0 Å². The maximum absolute atomic E-state index is 4.57. The van der Waals surface area contributed by atoms with Crippen molar-refractivity contribution < 1.29 is 0 Å². The van der Waals surface area contributed by atoms with E-state index in [1.807, 2.05) is 44.5 Å². The molecule has 0 saturated heterocycles. The van der Waals surface area contributed by atoms with Crippen molar-refractivity contribution in [3.8, 4) is 0 Å². The molecule has 1 aliphatic carbocycles. The van der Waals surface area contributed by atoms with E-state index in [2.05, 4.69) is 9.98 Å². The van der Waals surface area contributed by atoms with E-state index in [9.17, 15) is 0 Å². The van der Waals surface area contributed by atoms with Crippen LogP contribution >= 0.6 is 0 Å². The molecule has 0 aromatic carbocycles. The molecule has 16 heavy (non-hydrogen) atoms. The van der Waals surface area contributed by atoms with Crippen molar-refractivity contribution in [1.82, 2.24) is 4.98 Å². The summed E-state index contributed by atoms with van der Waals surface area (Å²) < 4.78 is 0. The molecule has 0 spiro atoms. The maximum atomic E-state index is 4.57. The van der Waals surface area contributed by atoms with Crippen LogP contribution in [0, 0.1) is 0 Å². The molecule has 0 amide bonds. The number of aliphatic imine (C=N–C) groups is 1. The standard InChI is InChI=1S/C12H16N2.C2H6/c1-2-6-11(7-3-1)14-10-12-8-4-5-9-13-12;1-2/h4-5,8-11H,1-3,6-7H2;1-2H3. The molecule has 1 aliphatic rings. The summed E-state index contributed by atoms with van der Waals surface area (Å²) in [5.41, 5.74) is 0.970. The van der Waals surface area contributed by atoms with Gasteiger partial charge in [0, 0.05) is 12.4 Å². The average molecular weight is 218 g/mol. The van der Waals surface area contributed by atoms with E-state index in [4.69, 9.17) is 0 Å². The van der Waals surface area contributed by atoms with Gasteiger partial charge in [0.2, 0.25) is 0 Å². The van der Waals surface area contributed by atoms with Crippen LogP contribution in [-0.2, 0) is 0 Å². The van der Waals surface area contributed by atoms with Crippen molar-refractivity contribution in [2.24, 2.45) is 4.99 Å². The third kappa shape index (κ3) is 4.56. The van der Waals surface area contributed by atoms with Crippen molar-refractivity contribution in [3.05, 3.63) is 30.1 Å². The highest BCUT2D eigenvalue weighted by Gasteiger charge is 2.10. The molecule has 2 heteroatoms. The third-order valence-corrected chi connectivity index (χ3v) is 2.68. The summed E-state index contributed by atoms with van der Waals surface area (Å²) in [6.07, 6.45) is 10.3. The molecule has 0 bridgehead atoms. The molecule has 0 radical (unpaired) electrons. The van der Waals surface area contributed by atoms with Gasteiger partial charge in [-0.25, -0.2) is 0 Å². The second kappa shape index (κ2) is 8.03. The Kier molecular flexibility index (Phi) is 6.47. The van der Waals surface area contributed by atoms with Gasteiger partial charge in [-0.2, -0.15) is 0 Å². The fourth-order valence-electron chi connectivity index (χ4n) is 1.86.